The Hall–Kier alpha value is -0.0800. The predicted molar refractivity (Wildman–Crippen MR) is 130 cm³/mol. The summed E-state index contributed by atoms with van der Waals surface area (Å²) in [5.74, 6) is 3.70. The molecule has 0 spiro atoms. The number of likely N-dealkylation sites (tertiary alicyclic amines) is 1. The minimum absolute atomic E-state index is 0.333. The molecule has 3 heterocycles. The molecule has 4 aliphatic rings. The van der Waals surface area contributed by atoms with Gasteiger partial charge in [-0.25, -0.2) is 0 Å². The van der Waals surface area contributed by atoms with Crippen LogP contribution in [0, 0.1) is 34.5 Å². The van der Waals surface area contributed by atoms with Crippen molar-refractivity contribution in [3.8, 4) is 0 Å². The molecular weight excluding hydrogens is 364 g/mol. The summed E-state index contributed by atoms with van der Waals surface area (Å²) in [5.41, 5.74) is 1.28. The van der Waals surface area contributed by atoms with Crippen molar-refractivity contribution in [1.82, 2.24) is 9.80 Å². The first-order valence-electron chi connectivity index (χ1n) is 13.3. The third-order valence-corrected chi connectivity index (χ3v) is 10.0. The third kappa shape index (κ3) is 4.26. The maximum atomic E-state index is 3.01. The molecule has 0 amide bonds. The van der Waals surface area contributed by atoms with E-state index in [2.05, 4.69) is 72.1 Å². The highest BCUT2D eigenvalue weighted by atomic mass is 15.2. The number of fused-ring (bicyclic) bond motifs is 4. The van der Waals surface area contributed by atoms with E-state index in [1.54, 1.807) is 0 Å². The van der Waals surface area contributed by atoms with Crippen LogP contribution in [0.1, 0.15) is 107 Å². The van der Waals surface area contributed by atoms with E-state index >= 15 is 0 Å². The monoisotopic (exact) mass is 416 g/mol. The van der Waals surface area contributed by atoms with Crippen LogP contribution >= 0.6 is 0 Å². The van der Waals surface area contributed by atoms with Gasteiger partial charge in [0.1, 0.15) is 0 Å². The van der Waals surface area contributed by atoms with Crippen molar-refractivity contribution in [2.75, 3.05) is 13.1 Å². The smallest absolute Gasteiger partial charge is 0.0125 e. The summed E-state index contributed by atoms with van der Waals surface area (Å²) in [7, 11) is 0. The summed E-state index contributed by atoms with van der Waals surface area (Å²) < 4.78 is 0. The Kier molecular flexibility index (Phi) is 5.97. The van der Waals surface area contributed by atoms with E-state index in [1.165, 1.54) is 58.0 Å². The standard InChI is InChI=1S/C28H52N2/c1-19(30-23-12-13-24(30)15-22(14-23)26(2,3)4)16-28(8,9)25-20-10-11-21(25)18-29(17-20)27(5,6)7/h19-25H,10-18H2,1-9H3. The molecule has 4 bridgehead atoms. The van der Waals surface area contributed by atoms with E-state index in [0.29, 0.717) is 16.4 Å². The minimum Gasteiger partial charge on any atom is -0.298 e. The van der Waals surface area contributed by atoms with Crippen LogP contribution in [0.25, 0.3) is 0 Å². The molecule has 0 aromatic carbocycles. The van der Waals surface area contributed by atoms with Gasteiger partial charge in [0.05, 0.1) is 0 Å². The molecule has 0 N–H and O–H groups in total. The molecule has 3 saturated heterocycles. The first-order chi connectivity index (χ1) is 13.8. The van der Waals surface area contributed by atoms with Crippen molar-refractivity contribution >= 4 is 0 Å². The van der Waals surface area contributed by atoms with Crippen molar-refractivity contribution < 1.29 is 0 Å². The summed E-state index contributed by atoms with van der Waals surface area (Å²) in [6.07, 6.45) is 10.1. The highest BCUT2D eigenvalue weighted by Crippen LogP contribution is 2.54. The number of hydrogen-bond donors (Lipinski definition) is 0. The van der Waals surface area contributed by atoms with Crippen LogP contribution in [0.3, 0.4) is 0 Å². The molecule has 30 heavy (non-hydrogen) atoms. The number of piperidine rings is 2. The summed E-state index contributed by atoms with van der Waals surface area (Å²) in [5, 5.41) is 0. The lowest BCUT2D eigenvalue weighted by Gasteiger charge is -2.52. The van der Waals surface area contributed by atoms with Gasteiger partial charge in [-0.1, -0.05) is 34.6 Å². The van der Waals surface area contributed by atoms with Gasteiger partial charge < -0.3 is 0 Å². The fourth-order valence-electron chi connectivity index (χ4n) is 8.69. The van der Waals surface area contributed by atoms with E-state index in [9.17, 15) is 0 Å². The maximum Gasteiger partial charge on any atom is 0.0125 e. The average Bonchev–Trinajstić information content (AvgIpc) is 3.03. The summed E-state index contributed by atoms with van der Waals surface area (Å²) in [6, 6.07) is 2.47. The maximum absolute atomic E-state index is 3.01. The lowest BCUT2D eigenvalue weighted by atomic mass is 9.64. The summed E-state index contributed by atoms with van der Waals surface area (Å²) in [4.78, 5) is 5.80. The SMILES string of the molecule is CC(CC(C)(C)C1C2CCC1CN(C(C)(C)C)C2)N1C2CCC1CC(C(C)(C)C)C2. The molecule has 2 nitrogen and oxygen atoms in total. The second kappa shape index (κ2) is 7.75. The van der Waals surface area contributed by atoms with Gasteiger partial charge in [0, 0.05) is 36.8 Å². The minimum atomic E-state index is 0.333. The van der Waals surface area contributed by atoms with Crippen molar-refractivity contribution in [2.45, 2.75) is 131 Å². The van der Waals surface area contributed by atoms with Crippen molar-refractivity contribution in [3.63, 3.8) is 0 Å². The van der Waals surface area contributed by atoms with Crippen LogP contribution in [0.5, 0.6) is 0 Å². The Labute approximate surface area is 188 Å². The molecule has 0 aromatic heterocycles. The van der Waals surface area contributed by atoms with Gasteiger partial charge in [-0.3, -0.25) is 9.80 Å². The van der Waals surface area contributed by atoms with Gasteiger partial charge in [-0.05, 0) is 107 Å². The zero-order valence-corrected chi connectivity index (χ0v) is 21.8. The Morgan fingerprint density at radius 1 is 0.767 bits per heavy atom. The quantitative estimate of drug-likeness (QED) is 0.495. The van der Waals surface area contributed by atoms with Crippen molar-refractivity contribution in [2.24, 2.45) is 34.5 Å². The first kappa shape index (κ1) is 23.1. The molecule has 0 radical (unpaired) electrons. The van der Waals surface area contributed by atoms with Crippen LogP contribution in [-0.4, -0.2) is 46.6 Å². The zero-order chi connectivity index (χ0) is 22.1. The molecule has 3 aliphatic heterocycles. The molecule has 1 aliphatic carbocycles. The number of hydrogen-bond acceptors (Lipinski definition) is 2. The van der Waals surface area contributed by atoms with Crippen LogP contribution in [-0.2, 0) is 0 Å². The van der Waals surface area contributed by atoms with Gasteiger partial charge >= 0.3 is 0 Å². The van der Waals surface area contributed by atoms with E-state index in [0.717, 1.165) is 41.8 Å². The molecule has 4 fully saturated rings. The molecule has 1 saturated carbocycles. The Morgan fingerprint density at radius 2 is 1.27 bits per heavy atom. The molecule has 0 aromatic rings. The number of nitrogens with zero attached hydrogens (tertiary/aromatic N) is 2. The first-order valence-corrected chi connectivity index (χ1v) is 13.3. The average molecular weight is 417 g/mol. The van der Waals surface area contributed by atoms with Crippen molar-refractivity contribution in [3.05, 3.63) is 0 Å². The topological polar surface area (TPSA) is 6.48 Å². The summed E-state index contributed by atoms with van der Waals surface area (Å²) in [6.45, 7) is 25.2. The van der Waals surface area contributed by atoms with Crippen LogP contribution < -0.4 is 0 Å². The van der Waals surface area contributed by atoms with E-state index in [4.69, 9.17) is 0 Å². The lowest BCUT2D eigenvalue weighted by Crippen LogP contribution is -2.55. The lowest BCUT2D eigenvalue weighted by molar-refractivity contribution is -0.0335. The molecule has 5 unspecified atom stereocenters. The Bertz CT molecular complexity index is 581. The second-order valence-corrected chi connectivity index (χ2v) is 14.6. The van der Waals surface area contributed by atoms with E-state index < -0.39 is 0 Å². The van der Waals surface area contributed by atoms with E-state index in [1.807, 2.05) is 0 Å². The van der Waals surface area contributed by atoms with Gasteiger partial charge in [0.2, 0.25) is 0 Å². The fraction of sp³-hybridized carbons (Fsp3) is 1.00. The molecular formula is C28H52N2. The molecule has 4 rings (SSSR count). The number of rotatable bonds is 4. The fourth-order valence-corrected chi connectivity index (χ4v) is 8.69. The zero-order valence-electron chi connectivity index (χ0n) is 21.8. The normalized spacial score (nSPS) is 39.5. The van der Waals surface area contributed by atoms with Gasteiger partial charge in [0.15, 0.2) is 0 Å². The highest BCUT2D eigenvalue weighted by Gasteiger charge is 2.52. The second-order valence-electron chi connectivity index (χ2n) is 14.6. The molecule has 2 heteroatoms. The molecule has 5 atom stereocenters. The van der Waals surface area contributed by atoms with Crippen LogP contribution in [0.15, 0.2) is 0 Å². The Morgan fingerprint density at radius 3 is 1.70 bits per heavy atom. The third-order valence-electron chi connectivity index (χ3n) is 10.0. The largest absolute Gasteiger partial charge is 0.298 e. The van der Waals surface area contributed by atoms with Gasteiger partial charge in [-0.15, -0.1) is 0 Å². The molecule has 174 valence electrons. The summed E-state index contributed by atoms with van der Waals surface area (Å²) >= 11 is 0. The van der Waals surface area contributed by atoms with Crippen LogP contribution in [0.4, 0.5) is 0 Å². The van der Waals surface area contributed by atoms with Crippen LogP contribution in [0.2, 0.25) is 0 Å². The van der Waals surface area contributed by atoms with Crippen molar-refractivity contribution in [1.29, 1.82) is 0 Å². The predicted octanol–water partition coefficient (Wildman–Crippen LogP) is 6.84. The Balaban J connectivity index is 1.42. The van der Waals surface area contributed by atoms with Gasteiger partial charge in [0.25, 0.3) is 0 Å². The highest BCUT2D eigenvalue weighted by molar-refractivity contribution is 5.04. The van der Waals surface area contributed by atoms with E-state index in [-0.39, 0.29) is 0 Å². The van der Waals surface area contributed by atoms with Gasteiger partial charge in [-0.2, -0.15) is 0 Å².